The van der Waals surface area contributed by atoms with E-state index < -0.39 is 0 Å². The molecule has 7 heteroatoms. The van der Waals surface area contributed by atoms with Gasteiger partial charge >= 0.3 is 0 Å². The van der Waals surface area contributed by atoms with E-state index in [0.717, 1.165) is 17.0 Å². The summed E-state index contributed by atoms with van der Waals surface area (Å²) in [6.45, 7) is 0.470. The Hall–Kier alpha value is -2.64. The third-order valence-corrected chi connectivity index (χ3v) is 3.55. The quantitative estimate of drug-likeness (QED) is 0.714. The molecule has 0 aliphatic carbocycles. The van der Waals surface area contributed by atoms with Gasteiger partial charge in [0.05, 0.1) is 30.9 Å². The molecule has 0 amide bonds. The lowest BCUT2D eigenvalue weighted by Crippen LogP contribution is -2.26. The summed E-state index contributed by atoms with van der Waals surface area (Å²) in [6, 6.07) is 7.60. The van der Waals surface area contributed by atoms with Gasteiger partial charge in [0, 0.05) is 30.4 Å². The standard InChI is InChI=1S/C17H18FN5O/c18-13-3-1-12(2-4-13)17-20-6-5-15(22-17)8-23-9-16(21-11-23)7-14(19)10-24/h1-6,9,11,14,24H,7-8,10,19H2/t14-/m0/s1. The number of nitrogens with zero attached hydrogens (tertiary/aromatic N) is 4. The van der Waals surface area contributed by atoms with Crippen molar-refractivity contribution in [3.63, 3.8) is 0 Å². The summed E-state index contributed by atoms with van der Waals surface area (Å²) in [5.41, 5.74) is 8.12. The molecule has 0 aliphatic rings. The highest BCUT2D eigenvalue weighted by molar-refractivity contribution is 5.54. The van der Waals surface area contributed by atoms with Crippen molar-refractivity contribution in [2.24, 2.45) is 5.73 Å². The molecule has 0 bridgehead atoms. The Morgan fingerprint density at radius 1 is 1.12 bits per heavy atom. The van der Waals surface area contributed by atoms with Crippen molar-refractivity contribution in [3.8, 4) is 11.4 Å². The van der Waals surface area contributed by atoms with Crippen LogP contribution in [0.1, 0.15) is 11.4 Å². The predicted octanol–water partition coefficient (Wildman–Crippen LogP) is 1.39. The SMILES string of the molecule is N[C@H](CO)Cc1cn(Cc2ccnc(-c3ccc(F)cc3)n2)cn1. The fourth-order valence-electron chi connectivity index (χ4n) is 2.34. The number of aromatic nitrogens is 4. The molecule has 1 aromatic carbocycles. The second-order valence-electron chi connectivity index (χ2n) is 5.56. The summed E-state index contributed by atoms with van der Waals surface area (Å²) >= 11 is 0. The van der Waals surface area contributed by atoms with E-state index in [1.807, 2.05) is 16.8 Å². The number of halogens is 1. The molecule has 3 rings (SSSR count). The van der Waals surface area contributed by atoms with Gasteiger partial charge in [0.1, 0.15) is 5.82 Å². The Labute approximate surface area is 138 Å². The molecule has 3 N–H and O–H groups in total. The fraction of sp³-hybridized carbons (Fsp3) is 0.235. The van der Waals surface area contributed by atoms with E-state index in [9.17, 15) is 4.39 Å². The smallest absolute Gasteiger partial charge is 0.159 e. The molecule has 0 radical (unpaired) electrons. The van der Waals surface area contributed by atoms with Gasteiger partial charge in [0.15, 0.2) is 5.82 Å². The number of hydrogen-bond acceptors (Lipinski definition) is 5. The van der Waals surface area contributed by atoms with Gasteiger partial charge in [0.25, 0.3) is 0 Å². The van der Waals surface area contributed by atoms with Crippen LogP contribution < -0.4 is 5.73 Å². The van der Waals surface area contributed by atoms with E-state index in [1.165, 1.54) is 12.1 Å². The number of aliphatic hydroxyl groups is 1. The van der Waals surface area contributed by atoms with Crippen molar-refractivity contribution in [2.45, 2.75) is 19.0 Å². The number of rotatable bonds is 6. The monoisotopic (exact) mass is 327 g/mol. The summed E-state index contributed by atoms with van der Waals surface area (Å²) in [7, 11) is 0. The largest absolute Gasteiger partial charge is 0.395 e. The molecule has 3 aromatic rings. The maximum atomic E-state index is 13.0. The number of benzene rings is 1. The van der Waals surface area contributed by atoms with Gasteiger partial charge in [-0.15, -0.1) is 0 Å². The first kappa shape index (κ1) is 16.2. The lowest BCUT2D eigenvalue weighted by molar-refractivity contribution is 0.264. The maximum Gasteiger partial charge on any atom is 0.159 e. The number of nitrogens with two attached hydrogens (primary N) is 1. The molecule has 0 saturated carbocycles. The van der Waals surface area contributed by atoms with Crippen LogP contribution in [0.25, 0.3) is 11.4 Å². The van der Waals surface area contributed by atoms with E-state index in [0.29, 0.717) is 18.8 Å². The molecule has 2 aromatic heterocycles. The molecule has 24 heavy (non-hydrogen) atoms. The first-order valence-corrected chi connectivity index (χ1v) is 7.59. The molecule has 0 unspecified atom stereocenters. The minimum absolute atomic E-state index is 0.0696. The topological polar surface area (TPSA) is 89.8 Å². The van der Waals surface area contributed by atoms with Gasteiger partial charge in [0.2, 0.25) is 0 Å². The first-order valence-electron chi connectivity index (χ1n) is 7.59. The van der Waals surface area contributed by atoms with Crippen LogP contribution in [0.2, 0.25) is 0 Å². The highest BCUT2D eigenvalue weighted by atomic mass is 19.1. The highest BCUT2D eigenvalue weighted by Gasteiger charge is 2.07. The molecular weight excluding hydrogens is 309 g/mol. The van der Waals surface area contributed by atoms with Gasteiger partial charge in [-0.3, -0.25) is 0 Å². The number of hydrogen-bond donors (Lipinski definition) is 2. The van der Waals surface area contributed by atoms with Crippen LogP contribution in [0.5, 0.6) is 0 Å². The van der Waals surface area contributed by atoms with Crippen LogP contribution >= 0.6 is 0 Å². The van der Waals surface area contributed by atoms with Crippen molar-refractivity contribution in [1.82, 2.24) is 19.5 Å². The van der Waals surface area contributed by atoms with Crippen molar-refractivity contribution >= 4 is 0 Å². The van der Waals surface area contributed by atoms with E-state index in [-0.39, 0.29) is 18.5 Å². The third kappa shape index (κ3) is 4.01. The van der Waals surface area contributed by atoms with Crippen LogP contribution in [0.3, 0.4) is 0 Å². The molecule has 6 nitrogen and oxygen atoms in total. The molecule has 0 saturated heterocycles. The van der Waals surface area contributed by atoms with Crippen LogP contribution in [-0.2, 0) is 13.0 Å². The van der Waals surface area contributed by atoms with Crippen LogP contribution in [0.15, 0.2) is 49.1 Å². The summed E-state index contributed by atoms with van der Waals surface area (Å²) in [5, 5.41) is 8.99. The zero-order valence-corrected chi connectivity index (χ0v) is 13.0. The molecular formula is C17H18FN5O. The van der Waals surface area contributed by atoms with Crippen molar-refractivity contribution in [2.75, 3.05) is 6.61 Å². The average Bonchev–Trinajstić information content (AvgIpc) is 3.02. The summed E-state index contributed by atoms with van der Waals surface area (Å²) in [4.78, 5) is 13.0. The second kappa shape index (κ2) is 7.29. The van der Waals surface area contributed by atoms with E-state index in [4.69, 9.17) is 10.8 Å². The van der Waals surface area contributed by atoms with Crippen molar-refractivity contribution in [3.05, 3.63) is 66.3 Å². The summed E-state index contributed by atoms with van der Waals surface area (Å²) < 4.78 is 14.9. The van der Waals surface area contributed by atoms with Crippen molar-refractivity contribution < 1.29 is 9.50 Å². The molecule has 124 valence electrons. The van der Waals surface area contributed by atoms with Gasteiger partial charge in [-0.1, -0.05) is 0 Å². The zero-order valence-electron chi connectivity index (χ0n) is 13.0. The van der Waals surface area contributed by atoms with Crippen LogP contribution in [0, 0.1) is 5.82 Å². The molecule has 2 heterocycles. The normalized spacial score (nSPS) is 12.3. The Balaban J connectivity index is 1.74. The van der Waals surface area contributed by atoms with E-state index in [2.05, 4.69) is 15.0 Å². The van der Waals surface area contributed by atoms with Crippen molar-refractivity contribution in [1.29, 1.82) is 0 Å². The Kier molecular flexibility index (Phi) is 4.93. The maximum absolute atomic E-state index is 13.0. The molecule has 1 atom stereocenters. The minimum Gasteiger partial charge on any atom is -0.395 e. The Morgan fingerprint density at radius 2 is 1.92 bits per heavy atom. The minimum atomic E-state index is -0.308. The zero-order chi connectivity index (χ0) is 16.9. The second-order valence-corrected chi connectivity index (χ2v) is 5.56. The number of aliphatic hydroxyl groups excluding tert-OH is 1. The highest BCUT2D eigenvalue weighted by Crippen LogP contribution is 2.15. The molecule has 0 spiro atoms. The molecule has 0 aliphatic heterocycles. The van der Waals surface area contributed by atoms with Crippen LogP contribution in [-0.4, -0.2) is 37.3 Å². The lowest BCUT2D eigenvalue weighted by Gasteiger charge is -2.05. The summed E-state index contributed by atoms with van der Waals surface area (Å²) in [6.07, 6.45) is 5.79. The Morgan fingerprint density at radius 3 is 2.67 bits per heavy atom. The average molecular weight is 327 g/mol. The third-order valence-electron chi connectivity index (χ3n) is 3.55. The van der Waals surface area contributed by atoms with Gasteiger partial charge < -0.3 is 15.4 Å². The first-order chi connectivity index (χ1) is 11.6. The van der Waals surface area contributed by atoms with E-state index in [1.54, 1.807) is 24.7 Å². The van der Waals surface area contributed by atoms with Gasteiger partial charge in [-0.05, 0) is 30.3 Å². The lowest BCUT2D eigenvalue weighted by atomic mass is 10.2. The Bertz CT molecular complexity index is 803. The summed E-state index contributed by atoms with van der Waals surface area (Å²) in [5.74, 6) is 0.261. The van der Waals surface area contributed by atoms with Crippen LogP contribution in [0.4, 0.5) is 4.39 Å². The fourth-order valence-corrected chi connectivity index (χ4v) is 2.34. The molecule has 0 fully saturated rings. The van der Waals surface area contributed by atoms with E-state index >= 15 is 0 Å². The van der Waals surface area contributed by atoms with Gasteiger partial charge in [-0.25, -0.2) is 19.3 Å². The van der Waals surface area contributed by atoms with Gasteiger partial charge in [-0.2, -0.15) is 0 Å². The predicted molar refractivity (Wildman–Crippen MR) is 87.5 cm³/mol. The number of imidazole rings is 1.